The maximum absolute atomic E-state index is 5.32. The molecule has 2 aliphatic carbocycles. The molecule has 7 rings (SSSR count). The van der Waals surface area contributed by atoms with Crippen molar-refractivity contribution in [3.8, 4) is 33.8 Å². The lowest BCUT2D eigenvalue weighted by atomic mass is 9.69. The molecule has 0 amide bonds. The molecule has 2 heteroatoms. The molecule has 0 bridgehead atoms. The summed E-state index contributed by atoms with van der Waals surface area (Å²) in [5.74, 6) is 0.754. The van der Waals surface area contributed by atoms with Gasteiger partial charge in [0.2, 0.25) is 0 Å². The van der Waals surface area contributed by atoms with E-state index in [2.05, 4.69) is 117 Å². The van der Waals surface area contributed by atoms with Crippen molar-refractivity contribution in [2.45, 2.75) is 19.3 Å². The average Bonchev–Trinajstić information content (AvgIpc) is 3.43. The van der Waals surface area contributed by atoms with Crippen LogP contribution in [0.5, 0.6) is 0 Å². The first-order chi connectivity index (χ1) is 18.3. The van der Waals surface area contributed by atoms with E-state index in [1.807, 2.05) is 18.2 Å². The Morgan fingerprint density at radius 2 is 1.05 bits per heavy atom. The maximum Gasteiger partial charge on any atom is 0.160 e. The summed E-state index contributed by atoms with van der Waals surface area (Å²) in [6.07, 6.45) is 4.51. The molecule has 5 aromatic rings. The Balaban J connectivity index is 1.69. The van der Waals surface area contributed by atoms with Crippen molar-refractivity contribution < 1.29 is 0 Å². The molecular formula is C35H26N2. The number of rotatable bonds is 2. The summed E-state index contributed by atoms with van der Waals surface area (Å²) in [7, 11) is 0. The Labute approximate surface area is 217 Å². The van der Waals surface area contributed by atoms with Crippen LogP contribution in [0.15, 0.2) is 127 Å². The van der Waals surface area contributed by atoms with E-state index in [0.29, 0.717) is 0 Å². The molecule has 1 spiro atoms. The largest absolute Gasteiger partial charge is 0.228 e. The molecule has 1 aromatic heterocycles. The van der Waals surface area contributed by atoms with Crippen molar-refractivity contribution in [1.82, 2.24) is 9.97 Å². The first-order valence-corrected chi connectivity index (χ1v) is 12.9. The molecule has 0 radical (unpaired) electrons. The fourth-order valence-corrected chi connectivity index (χ4v) is 6.46. The molecule has 0 N–H and O–H groups in total. The minimum atomic E-state index is -0.473. The number of allylic oxidation sites excluding steroid dienone is 4. The van der Waals surface area contributed by atoms with Gasteiger partial charge >= 0.3 is 0 Å². The van der Waals surface area contributed by atoms with E-state index in [9.17, 15) is 0 Å². The number of fused-ring (bicyclic) bond motifs is 7. The Morgan fingerprint density at radius 3 is 1.62 bits per heavy atom. The molecule has 2 aliphatic rings. The van der Waals surface area contributed by atoms with E-state index < -0.39 is 5.41 Å². The number of nitrogens with zero attached hydrogens (tertiary/aromatic N) is 2. The standard InChI is InChI=1S/C35H26N2/c1-3-25-28(4-2)35(29-21-13-11-19-26(29)27-20-12-14-22-30(27)35)31-32(23-15-7-5-8-16-23)36-34(37-33(25)31)24-17-9-6-10-18-24/h3-22H,1-2H3/b25-3+,28-4?. The lowest BCUT2D eigenvalue weighted by Gasteiger charge is -2.31. The van der Waals surface area contributed by atoms with Crippen LogP contribution in [-0.2, 0) is 5.41 Å². The van der Waals surface area contributed by atoms with Gasteiger partial charge in [0.25, 0.3) is 0 Å². The van der Waals surface area contributed by atoms with Crippen molar-refractivity contribution in [3.63, 3.8) is 0 Å². The molecule has 4 aromatic carbocycles. The molecule has 2 nitrogen and oxygen atoms in total. The Kier molecular flexibility index (Phi) is 4.84. The van der Waals surface area contributed by atoms with E-state index >= 15 is 0 Å². The van der Waals surface area contributed by atoms with Gasteiger partial charge in [0.05, 0.1) is 16.8 Å². The average molecular weight is 475 g/mol. The zero-order chi connectivity index (χ0) is 25.0. The van der Waals surface area contributed by atoms with Gasteiger partial charge in [0.15, 0.2) is 5.82 Å². The number of benzene rings is 4. The Hall–Kier alpha value is -4.56. The maximum atomic E-state index is 5.32. The second-order valence-electron chi connectivity index (χ2n) is 9.60. The highest BCUT2D eigenvalue weighted by atomic mass is 14.9. The predicted octanol–water partition coefficient (Wildman–Crippen LogP) is 8.49. The van der Waals surface area contributed by atoms with Crippen LogP contribution in [0, 0.1) is 0 Å². The third-order valence-electron chi connectivity index (χ3n) is 7.84. The van der Waals surface area contributed by atoms with Crippen LogP contribution < -0.4 is 0 Å². The summed E-state index contributed by atoms with van der Waals surface area (Å²) in [5.41, 5.74) is 12.5. The van der Waals surface area contributed by atoms with Gasteiger partial charge in [-0.3, -0.25) is 0 Å². The van der Waals surface area contributed by atoms with Crippen LogP contribution in [0.3, 0.4) is 0 Å². The minimum absolute atomic E-state index is 0.473. The molecule has 1 heterocycles. The Morgan fingerprint density at radius 1 is 0.541 bits per heavy atom. The third kappa shape index (κ3) is 2.87. The normalized spacial score (nSPS) is 16.7. The van der Waals surface area contributed by atoms with Crippen molar-refractivity contribution in [1.29, 1.82) is 0 Å². The summed E-state index contributed by atoms with van der Waals surface area (Å²) >= 11 is 0. The van der Waals surface area contributed by atoms with Crippen LogP contribution in [0.25, 0.3) is 39.3 Å². The van der Waals surface area contributed by atoms with Gasteiger partial charge < -0.3 is 0 Å². The SMILES string of the molecule is CC=C1/C(=C\C)c2nc(-c3ccccc3)nc(-c3ccccc3)c2C12c1ccccc1-c1ccccc12. The van der Waals surface area contributed by atoms with Gasteiger partial charge in [-0.05, 0) is 41.7 Å². The topological polar surface area (TPSA) is 25.8 Å². The van der Waals surface area contributed by atoms with Crippen molar-refractivity contribution in [2.24, 2.45) is 0 Å². The van der Waals surface area contributed by atoms with E-state index in [1.54, 1.807) is 0 Å². The monoisotopic (exact) mass is 474 g/mol. The molecule has 37 heavy (non-hydrogen) atoms. The lowest BCUT2D eigenvalue weighted by Crippen LogP contribution is -2.27. The molecule has 0 aliphatic heterocycles. The number of aromatic nitrogens is 2. The fraction of sp³-hybridized carbons (Fsp3) is 0.0857. The highest BCUT2D eigenvalue weighted by Crippen LogP contribution is 2.64. The second kappa shape index (κ2) is 8.25. The van der Waals surface area contributed by atoms with E-state index in [4.69, 9.17) is 9.97 Å². The summed E-state index contributed by atoms with van der Waals surface area (Å²) in [6, 6.07) is 38.6. The van der Waals surface area contributed by atoms with Gasteiger partial charge in [-0.25, -0.2) is 9.97 Å². The highest BCUT2D eigenvalue weighted by molar-refractivity contribution is 6.01. The van der Waals surface area contributed by atoms with Crippen LogP contribution in [0.4, 0.5) is 0 Å². The zero-order valence-electron chi connectivity index (χ0n) is 20.9. The highest BCUT2D eigenvalue weighted by Gasteiger charge is 2.55. The quantitative estimate of drug-likeness (QED) is 0.256. The molecule has 0 fully saturated rings. The van der Waals surface area contributed by atoms with E-state index in [0.717, 1.165) is 28.3 Å². The minimum Gasteiger partial charge on any atom is -0.228 e. The molecule has 0 unspecified atom stereocenters. The van der Waals surface area contributed by atoms with Gasteiger partial charge in [-0.15, -0.1) is 0 Å². The van der Waals surface area contributed by atoms with E-state index in [1.165, 1.54) is 39.0 Å². The van der Waals surface area contributed by atoms with Gasteiger partial charge in [0, 0.05) is 22.3 Å². The van der Waals surface area contributed by atoms with E-state index in [-0.39, 0.29) is 0 Å². The first kappa shape index (κ1) is 21.7. The fourth-order valence-electron chi connectivity index (χ4n) is 6.46. The lowest BCUT2D eigenvalue weighted by molar-refractivity contribution is 0.786. The van der Waals surface area contributed by atoms with Crippen LogP contribution in [0.2, 0.25) is 0 Å². The van der Waals surface area contributed by atoms with Gasteiger partial charge in [-0.2, -0.15) is 0 Å². The summed E-state index contributed by atoms with van der Waals surface area (Å²) in [4.78, 5) is 10.6. The Bertz CT molecular complexity index is 1680. The zero-order valence-corrected chi connectivity index (χ0v) is 20.9. The van der Waals surface area contributed by atoms with Crippen LogP contribution >= 0.6 is 0 Å². The van der Waals surface area contributed by atoms with Crippen LogP contribution in [-0.4, -0.2) is 9.97 Å². The number of hydrogen-bond acceptors (Lipinski definition) is 2. The summed E-state index contributed by atoms with van der Waals surface area (Å²) < 4.78 is 0. The summed E-state index contributed by atoms with van der Waals surface area (Å²) in [5, 5.41) is 0. The predicted molar refractivity (Wildman–Crippen MR) is 152 cm³/mol. The molecule has 0 atom stereocenters. The molecule has 176 valence electrons. The van der Waals surface area contributed by atoms with Gasteiger partial charge in [0.1, 0.15) is 0 Å². The second-order valence-corrected chi connectivity index (χ2v) is 9.60. The van der Waals surface area contributed by atoms with Crippen molar-refractivity contribution in [2.75, 3.05) is 0 Å². The van der Waals surface area contributed by atoms with Crippen LogP contribution in [0.1, 0.15) is 36.2 Å². The molecule has 0 saturated carbocycles. The molecule has 0 saturated heterocycles. The smallest absolute Gasteiger partial charge is 0.160 e. The number of hydrogen-bond donors (Lipinski definition) is 0. The van der Waals surface area contributed by atoms with Crippen molar-refractivity contribution in [3.05, 3.63) is 149 Å². The molecular weight excluding hydrogens is 448 g/mol. The summed E-state index contributed by atoms with van der Waals surface area (Å²) in [6.45, 7) is 4.28. The van der Waals surface area contributed by atoms with Gasteiger partial charge in [-0.1, -0.05) is 121 Å². The van der Waals surface area contributed by atoms with Crippen molar-refractivity contribution >= 4 is 5.57 Å². The first-order valence-electron chi connectivity index (χ1n) is 12.9. The third-order valence-corrected chi connectivity index (χ3v) is 7.84.